The van der Waals surface area contributed by atoms with Crippen molar-refractivity contribution in [3.8, 4) is 11.5 Å². The highest BCUT2D eigenvalue weighted by Gasteiger charge is 2.31. The SMILES string of the molecule is COc1ccc(/C=C2\SC(=S)N(CCCC(=O)O)C2=O)cc1COc1ccc(Cl)cc1Cl. The molecule has 1 heterocycles. The highest BCUT2D eigenvalue weighted by atomic mass is 35.5. The molecule has 1 saturated heterocycles. The van der Waals surface area contributed by atoms with Gasteiger partial charge in [0, 0.05) is 23.6 Å². The summed E-state index contributed by atoms with van der Waals surface area (Å²) in [6.07, 6.45) is 2.07. The van der Waals surface area contributed by atoms with Crippen LogP contribution in [-0.2, 0) is 16.2 Å². The van der Waals surface area contributed by atoms with Crippen LogP contribution in [-0.4, -0.2) is 39.9 Å². The number of rotatable bonds is 9. The Balaban J connectivity index is 1.75. The first-order valence-corrected chi connectivity index (χ1v) is 11.5. The molecule has 0 atom stereocenters. The van der Waals surface area contributed by atoms with Gasteiger partial charge in [-0.15, -0.1) is 0 Å². The van der Waals surface area contributed by atoms with E-state index in [1.807, 2.05) is 12.1 Å². The molecule has 1 aliphatic heterocycles. The van der Waals surface area contributed by atoms with Crippen molar-refractivity contribution < 1.29 is 24.2 Å². The lowest BCUT2D eigenvalue weighted by atomic mass is 10.1. The van der Waals surface area contributed by atoms with Crippen LogP contribution >= 0.6 is 47.2 Å². The normalized spacial score (nSPS) is 14.8. The topological polar surface area (TPSA) is 76.1 Å². The van der Waals surface area contributed by atoms with Gasteiger partial charge >= 0.3 is 5.97 Å². The second-order valence-corrected chi connectivity index (χ2v) is 9.28. The van der Waals surface area contributed by atoms with Crippen LogP contribution in [0, 0.1) is 0 Å². The zero-order valence-electron chi connectivity index (χ0n) is 17.0. The molecule has 168 valence electrons. The van der Waals surface area contributed by atoms with Crippen molar-refractivity contribution >= 4 is 69.5 Å². The number of hydrogen-bond acceptors (Lipinski definition) is 6. The fourth-order valence-electron chi connectivity index (χ4n) is 2.98. The van der Waals surface area contributed by atoms with E-state index in [-0.39, 0.29) is 25.5 Å². The first-order chi connectivity index (χ1) is 15.3. The molecule has 0 spiro atoms. The number of carbonyl (C=O) groups is 2. The fraction of sp³-hybridized carbons (Fsp3) is 0.227. The molecule has 2 aromatic carbocycles. The summed E-state index contributed by atoms with van der Waals surface area (Å²) in [7, 11) is 1.57. The molecule has 32 heavy (non-hydrogen) atoms. The molecule has 3 rings (SSSR count). The second kappa shape index (κ2) is 11.0. The van der Waals surface area contributed by atoms with Gasteiger partial charge in [0.2, 0.25) is 0 Å². The molecule has 0 bridgehead atoms. The van der Waals surface area contributed by atoms with E-state index in [2.05, 4.69) is 0 Å². The quantitative estimate of drug-likeness (QED) is 0.344. The van der Waals surface area contributed by atoms with Gasteiger partial charge in [0.25, 0.3) is 5.91 Å². The van der Waals surface area contributed by atoms with E-state index >= 15 is 0 Å². The Kier molecular flexibility index (Phi) is 8.42. The molecule has 1 aliphatic rings. The van der Waals surface area contributed by atoms with Gasteiger partial charge in [-0.05, 0) is 48.4 Å². The number of amides is 1. The maximum atomic E-state index is 12.7. The number of methoxy groups -OCH3 is 1. The molecule has 0 aliphatic carbocycles. The minimum absolute atomic E-state index is 0.0183. The minimum atomic E-state index is -0.904. The van der Waals surface area contributed by atoms with Crippen molar-refractivity contribution in [2.45, 2.75) is 19.4 Å². The number of thiocarbonyl (C=S) groups is 1. The number of ether oxygens (including phenoxy) is 2. The van der Waals surface area contributed by atoms with Crippen LogP contribution in [0.25, 0.3) is 6.08 Å². The third-order valence-corrected chi connectivity index (χ3v) is 6.43. The van der Waals surface area contributed by atoms with Crippen LogP contribution < -0.4 is 9.47 Å². The summed E-state index contributed by atoms with van der Waals surface area (Å²) in [6.45, 7) is 0.472. The van der Waals surface area contributed by atoms with Gasteiger partial charge in [0.15, 0.2) is 0 Å². The van der Waals surface area contributed by atoms with Gasteiger partial charge in [-0.25, -0.2) is 0 Å². The molecule has 1 N–H and O–H groups in total. The summed E-state index contributed by atoms with van der Waals surface area (Å²) >= 11 is 18.6. The molecule has 1 fully saturated rings. The summed E-state index contributed by atoms with van der Waals surface area (Å²) in [5.41, 5.74) is 1.54. The summed E-state index contributed by atoms with van der Waals surface area (Å²) in [6, 6.07) is 10.5. The van der Waals surface area contributed by atoms with E-state index in [1.54, 1.807) is 37.5 Å². The lowest BCUT2D eigenvalue weighted by Crippen LogP contribution is -2.29. The summed E-state index contributed by atoms with van der Waals surface area (Å²) < 4.78 is 11.7. The lowest BCUT2D eigenvalue weighted by Gasteiger charge is -2.13. The van der Waals surface area contributed by atoms with Crippen LogP contribution in [0.1, 0.15) is 24.0 Å². The Bertz CT molecular complexity index is 1090. The fourth-order valence-corrected chi connectivity index (χ4v) is 4.75. The molecule has 0 aromatic heterocycles. The summed E-state index contributed by atoms with van der Waals surface area (Å²) in [4.78, 5) is 25.3. The largest absolute Gasteiger partial charge is 0.496 e. The number of carbonyl (C=O) groups excluding carboxylic acids is 1. The molecular weight excluding hydrogens is 493 g/mol. The number of thioether (sulfide) groups is 1. The van der Waals surface area contributed by atoms with Crippen molar-refractivity contribution in [1.82, 2.24) is 4.90 Å². The molecule has 10 heteroatoms. The molecular formula is C22H19Cl2NO5S2. The Morgan fingerprint density at radius 3 is 2.66 bits per heavy atom. The van der Waals surface area contributed by atoms with Crippen LogP contribution in [0.3, 0.4) is 0 Å². The molecule has 1 amide bonds. The molecule has 0 unspecified atom stereocenters. The van der Waals surface area contributed by atoms with E-state index in [4.69, 9.17) is 50.0 Å². The smallest absolute Gasteiger partial charge is 0.303 e. The van der Waals surface area contributed by atoms with Gasteiger partial charge in [0.05, 0.1) is 17.0 Å². The predicted molar refractivity (Wildman–Crippen MR) is 131 cm³/mol. The Hall–Kier alpha value is -2.26. The number of benzene rings is 2. The van der Waals surface area contributed by atoms with Crippen molar-refractivity contribution in [3.05, 3.63) is 62.5 Å². The first kappa shape index (κ1) is 24.4. The Labute approximate surface area is 205 Å². The van der Waals surface area contributed by atoms with Crippen molar-refractivity contribution in [2.75, 3.05) is 13.7 Å². The number of halogens is 2. The number of carboxylic acids is 1. The average Bonchev–Trinajstić information content (AvgIpc) is 3.00. The molecule has 6 nitrogen and oxygen atoms in total. The van der Waals surface area contributed by atoms with Crippen molar-refractivity contribution in [2.24, 2.45) is 0 Å². The monoisotopic (exact) mass is 511 g/mol. The molecule has 2 aromatic rings. The van der Waals surface area contributed by atoms with Crippen LogP contribution in [0.5, 0.6) is 11.5 Å². The van der Waals surface area contributed by atoms with Gasteiger partial charge in [-0.1, -0.05) is 53.2 Å². The van der Waals surface area contributed by atoms with Gasteiger partial charge < -0.3 is 14.6 Å². The molecule has 0 radical (unpaired) electrons. The second-order valence-electron chi connectivity index (χ2n) is 6.77. The predicted octanol–water partition coefficient (Wildman–Crippen LogP) is 5.65. The van der Waals surface area contributed by atoms with E-state index in [1.165, 1.54) is 16.7 Å². The number of carboxylic acid groups (broad SMARTS) is 1. The zero-order valence-corrected chi connectivity index (χ0v) is 20.1. The standard InChI is InChI=1S/C22H19Cl2NO5S2/c1-29-17-6-4-13(9-14(17)12-30-18-7-5-15(23)11-16(18)24)10-19-21(28)25(22(31)32-19)8-2-3-20(26)27/h4-7,9-11H,2-3,8,12H2,1H3,(H,26,27)/b19-10-. The van der Waals surface area contributed by atoms with E-state index in [0.717, 1.165) is 11.1 Å². The number of nitrogens with zero attached hydrogens (tertiary/aromatic N) is 1. The van der Waals surface area contributed by atoms with E-state index < -0.39 is 5.97 Å². The van der Waals surface area contributed by atoms with Gasteiger partial charge in [-0.2, -0.15) is 0 Å². The van der Waals surface area contributed by atoms with Crippen LogP contribution in [0.4, 0.5) is 0 Å². The Morgan fingerprint density at radius 1 is 1.22 bits per heavy atom. The average molecular weight is 512 g/mol. The van der Waals surface area contributed by atoms with Crippen LogP contribution in [0.15, 0.2) is 41.3 Å². The summed E-state index contributed by atoms with van der Waals surface area (Å²) in [5, 5.41) is 9.71. The highest BCUT2D eigenvalue weighted by molar-refractivity contribution is 8.26. The maximum absolute atomic E-state index is 12.7. The highest BCUT2D eigenvalue weighted by Crippen LogP contribution is 2.34. The number of hydrogen-bond donors (Lipinski definition) is 1. The zero-order chi connectivity index (χ0) is 23.3. The maximum Gasteiger partial charge on any atom is 0.303 e. The van der Waals surface area contributed by atoms with Crippen molar-refractivity contribution in [1.29, 1.82) is 0 Å². The number of aliphatic carboxylic acids is 1. The lowest BCUT2D eigenvalue weighted by molar-refractivity contribution is -0.137. The van der Waals surface area contributed by atoms with E-state index in [0.29, 0.717) is 37.2 Å². The van der Waals surface area contributed by atoms with Crippen molar-refractivity contribution in [3.63, 3.8) is 0 Å². The van der Waals surface area contributed by atoms with Gasteiger partial charge in [0.1, 0.15) is 22.4 Å². The van der Waals surface area contributed by atoms with E-state index in [9.17, 15) is 9.59 Å². The third kappa shape index (κ3) is 6.16. The first-order valence-electron chi connectivity index (χ1n) is 9.50. The summed E-state index contributed by atoms with van der Waals surface area (Å²) in [5.74, 6) is -0.00925. The van der Waals surface area contributed by atoms with Gasteiger partial charge in [-0.3, -0.25) is 14.5 Å². The molecule has 0 saturated carbocycles. The Morgan fingerprint density at radius 2 is 1.97 bits per heavy atom. The van der Waals surface area contributed by atoms with Crippen LogP contribution in [0.2, 0.25) is 10.0 Å². The third-order valence-electron chi connectivity index (χ3n) is 4.53. The minimum Gasteiger partial charge on any atom is -0.496 e.